The van der Waals surface area contributed by atoms with Gasteiger partial charge >= 0.3 is 0 Å². The molecular weight excluding hydrogens is 278 g/mol. The van der Waals surface area contributed by atoms with Gasteiger partial charge < -0.3 is 14.5 Å². The molecule has 6 heteroatoms. The number of fused-ring (bicyclic) bond motifs is 1. The van der Waals surface area contributed by atoms with Gasteiger partial charge in [0.05, 0.1) is 29.7 Å². The maximum absolute atomic E-state index is 12.7. The first-order valence-electron chi connectivity index (χ1n) is 7.51. The standard InChI is InChI=1S/C16H17N5O/c22-16(12-3-4-14-15(8-12)19-10-18-14)20-6-1-2-13(9-20)21-7-5-17-11-21/h3-5,7-8,10-11,13H,1-2,6,9H2,(H,18,19). The Morgan fingerprint density at radius 1 is 1.36 bits per heavy atom. The number of aromatic nitrogens is 4. The number of H-pyrrole nitrogens is 1. The summed E-state index contributed by atoms with van der Waals surface area (Å²) in [6.07, 6.45) is 9.33. The van der Waals surface area contributed by atoms with Crippen molar-refractivity contribution in [2.75, 3.05) is 13.1 Å². The molecule has 1 N–H and O–H groups in total. The van der Waals surface area contributed by atoms with E-state index < -0.39 is 0 Å². The van der Waals surface area contributed by atoms with Gasteiger partial charge in [-0.1, -0.05) is 0 Å². The fraction of sp³-hybridized carbons (Fsp3) is 0.312. The van der Waals surface area contributed by atoms with E-state index in [4.69, 9.17) is 0 Å². The van der Waals surface area contributed by atoms with E-state index in [0.717, 1.165) is 37.0 Å². The SMILES string of the molecule is O=C(c1ccc2nc[nH]c2c1)N1CCCC(n2ccnc2)C1. The molecule has 0 aliphatic carbocycles. The van der Waals surface area contributed by atoms with Gasteiger partial charge in [0.2, 0.25) is 0 Å². The van der Waals surface area contributed by atoms with Crippen molar-refractivity contribution in [3.05, 3.63) is 48.8 Å². The van der Waals surface area contributed by atoms with E-state index >= 15 is 0 Å². The molecule has 1 saturated heterocycles. The van der Waals surface area contributed by atoms with Crippen LogP contribution < -0.4 is 0 Å². The summed E-state index contributed by atoms with van der Waals surface area (Å²) >= 11 is 0. The highest BCUT2D eigenvalue weighted by Gasteiger charge is 2.25. The first kappa shape index (κ1) is 13.1. The van der Waals surface area contributed by atoms with Gasteiger partial charge in [0.15, 0.2) is 0 Å². The molecule has 2 aromatic heterocycles. The number of likely N-dealkylation sites (tertiary alicyclic amines) is 1. The number of carbonyl (C=O) groups is 1. The normalized spacial score (nSPS) is 18.7. The maximum Gasteiger partial charge on any atom is 0.254 e. The average Bonchev–Trinajstić information content (AvgIpc) is 3.25. The number of nitrogens with one attached hydrogen (secondary N) is 1. The molecule has 1 aliphatic rings. The van der Waals surface area contributed by atoms with Gasteiger partial charge in [0.25, 0.3) is 5.91 Å². The van der Waals surface area contributed by atoms with E-state index in [9.17, 15) is 4.79 Å². The lowest BCUT2D eigenvalue weighted by Gasteiger charge is -2.33. The summed E-state index contributed by atoms with van der Waals surface area (Å²) in [7, 11) is 0. The summed E-state index contributed by atoms with van der Waals surface area (Å²) in [6, 6.07) is 5.94. The lowest BCUT2D eigenvalue weighted by atomic mass is 10.0. The van der Waals surface area contributed by atoms with E-state index in [1.54, 1.807) is 12.5 Å². The Kier molecular flexibility index (Phi) is 3.14. The summed E-state index contributed by atoms with van der Waals surface area (Å²) in [5.74, 6) is 0.0846. The summed E-state index contributed by atoms with van der Waals surface area (Å²) in [5, 5.41) is 0. The van der Waals surface area contributed by atoms with Crippen LogP contribution in [-0.4, -0.2) is 43.4 Å². The van der Waals surface area contributed by atoms with Crippen molar-refractivity contribution in [2.45, 2.75) is 18.9 Å². The van der Waals surface area contributed by atoms with E-state index in [0.29, 0.717) is 11.6 Å². The molecule has 0 radical (unpaired) electrons. The lowest BCUT2D eigenvalue weighted by molar-refractivity contribution is 0.0679. The molecule has 112 valence electrons. The number of hydrogen-bond acceptors (Lipinski definition) is 3. The minimum atomic E-state index is 0.0846. The van der Waals surface area contributed by atoms with Crippen LogP contribution in [0.1, 0.15) is 29.2 Å². The second-order valence-electron chi connectivity index (χ2n) is 5.69. The number of aromatic amines is 1. The molecular formula is C16H17N5O. The third kappa shape index (κ3) is 2.26. The fourth-order valence-corrected chi connectivity index (χ4v) is 3.12. The van der Waals surface area contributed by atoms with Crippen molar-refractivity contribution in [3.8, 4) is 0 Å². The molecule has 1 aromatic carbocycles. The van der Waals surface area contributed by atoms with Crippen LogP contribution in [0.2, 0.25) is 0 Å². The van der Waals surface area contributed by atoms with Crippen LogP contribution in [0, 0.1) is 0 Å². The third-order valence-electron chi connectivity index (χ3n) is 4.30. The Labute approximate surface area is 127 Å². The molecule has 0 spiro atoms. The van der Waals surface area contributed by atoms with Gasteiger partial charge in [-0.2, -0.15) is 0 Å². The molecule has 0 saturated carbocycles. The van der Waals surface area contributed by atoms with E-state index in [2.05, 4.69) is 19.5 Å². The fourth-order valence-electron chi connectivity index (χ4n) is 3.12. The summed E-state index contributed by atoms with van der Waals surface area (Å²) in [6.45, 7) is 1.54. The number of hydrogen-bond donors (Lipinski definition) is 1. The number of carbonyl (C=O) groups excluding carboxylic acids is 1. The Hall–Kier alpha value is -2.63. The highest BCUT2D eigenvalue weighted by molar-refractivity contribution is 5.97. The molecule has 1 atom stereocenters. The molecule has 1 aliphatic heterocycles. The highest BCUT2D eigenvalue weighted by Crippen LogP contribution is 2.23. The molecule has 0 bridgehead atoms. The molecule has 6 nitrogen and oxygen atoms in total. The van der Waals surface area contributed by atoms with Gasteiger partial charge in [0, 0.05) is 31.0 Å². The van der Waals surface area contributed by atoms with Crippen molar-refractivity contribution in [3.63, 3.8) is 0 Å². The Morgan fingerprint density at radius 2 is 2.32 bits per heavy atom. The van der Waals surface area contributed by atoms with Gasteiger partial charge in [-0.15, -0.1) is 0 Å². The molecule has 1 unspecified atom stereocenters. The van der Waals surface area contributed by atoms with Crippen molar-refractivity contribution in [1.82, 2.24) is 24.4 Å². The van der Waals surface area contributed by atoms with Crippen molar-refractivity contribution >= 4 is 16.9 Å². The number of benzene rings is 1. The molecule has 1 fully saturated rings. The number of imidazole rings is 2. The van der Waals surface area contributed by atoms with Crippen LogP contribution in [0.3, 0.4) is 0 Å². The van der Waals surface area contributed by atoms with Crippen LogP contribution in [0.5, 0.6) is 0 Å². The molecule has 4 rings (SSSR count). The smallest absolute Gasteiger partial charge is 0.254 e. The minimum absolute atomic E-state index is 0.0846. The molecule has 1 amide bonds. The average molecular weight is 295 g/mol. The monoisotopic (exact) mass is 295 g/mol. The predicted octanol–water partition coefficient (Wildman–Crippen LogP) is 2.24. The van der Waals surface area contributed by atoms with Crippen molar-refractivity contribution in [2.24, 2.45) is 0 Å². The largest absolute Gasteiger partial charge is 0.345 e. The number of nitrogens with zero attached hydrogens (tertiary/aromatic N) is 4. The first-order valence-corrected chi connectivity index (χ1v) is 7.51. The second kappa shape index (κ2) is 5.29. The van der Waals surface area contributed by atoms with Crippen molar-refractivity contribution < 1.29 is 4.79 Å². The van der Waals surface area contributed by atoms with Crippen molar-refractivity contribution in [1.29, 1.82) is 0 Å². The maximum atomic E-state index is 12.7. The topological polar surface area (TPSA) is 66.8 Å². The zero-order chi connectivity index (χ0) is 14.9. The quantitative estimate of drug-likeness (QED) is 0.788. The van der Waals surface area contributed by atoms with Gasteiger partial charge in [-0.25, -0.2) is 9.97 Å². The number of rotatable bonds is 2. The first-order chi connectivity index (χ1) is 10.8. The summed E-state index contributed by atoms with van der Waals surface area (Å²) in [5.41, 5.74) is 2.49. The van der Waals surface area contributed by atoms with Crippen LogP contribution in [0.15, 0.2) is 43.2 Å². The van der Waals surface area contributed by atoms with Gasteiger partial charge in [-0.3, -0.25) is 4.79 Å². The minimum Gasteiger partial charge on any atom is -0.345 e. The summed E-state index contributed by atoms with van der Waals surface area (Å²) < 4.78 is 2.09. The van der Waals surface area contributed by atoms with E-state index in [1.807, 2.05) is 35.6 Å². The second-order valence-corrected chi connectivity index (χ2v) is 5.69. The van der Waals surface area contributed by atoms with Gasteiger partial charge in [-0.05, 0) is 31.0 Å². The third-order valence-corrected chi connectivity index (χ3v) is 4.30. The Morgan fingerprint density at radius 3 is 3.18 bits per heavy atom. The summed E-state index contributed by atoms with van der Waals surface area (Å²) in [4.78, 5) is 26.0. The van der Waals surface area contributed by atoms with E-state index in [1.165, 1.54) is 0 Å². The number of amides is 1. The van der Waals surface area contributed by atoms with Gasteiger partial charge in [0.1, 0.15) is 0 Å². The van der Waals surface area contributed by atoms with E-state index in [-0.39, 0.29) is 5.91 Å². The predicted molar refractivity (Wildman–Crippen MR) is 82.5 cm³/mol. The van der Waals surface area contributed by atoms with Crippen LogP contribution in [0.4, 0.5) is 0 Å². The zero-order valence-electron chi connectivity index (χ0n) is 12.1. The Bertz CT molecular complexity index is 792. The lowest BCUT2D eigenvalue weighted by Crippen LogP contribution is -2.40. The molecule has 3 aromatic rings. The zero-order valence-corrected chi connectivity index (χ0v) is 12.1. The Balaban J connectivity index is 1.56. The number of piperidine rings is 1. The highest BCUT2D eigenvalue weighted by atomic mass is 16.2. The van der Waals surface area contributed by atoms with Crippen LogP contribution in [-0.2, 0) is 0 Å². The van der Waals surface area contributed by atoms with Crippen LogP contribution in [0.25, 0.3) is 11.0 Å². The molecule has 22 heavy (non-hydrogen) atoms. The molecule has 3 heterocycles. The van der Waals surface area contributed by atoms with Crippen LogP contribution >= 0.6 is 0 Å².